The van der Waals surface area contributed by atoms with Gasteiger partial charge in [-0.2, -0.15) is 0 Å². The first-order valence-corrected chi connectivity index (χ1v) is 17.4. The maximum absolute atomic E-state index is 14.4. The second kappa shape index (κ2) is 17.0. The molecule has 52 heavy (non-hydrogen) atoms. The minimum absolute atomic E-state index is 0.233. The van der Waals surface area contributed by atoms with E-state index < -0.39 is 29.6 Å². The first-order valence-electron chi connectivity index (χ1n) is 17.4. The number of rotatable bonds is 16. The normalized spacial score (nSPS) is 13.1. The highest BCUT2D eigenvalue weighted by molar-refractivity contribution is 5.72. The third kappa shape index (κ3) is 8.23. The lowest BCUT2D eigenvalue weighted by Gasteiger charge is -2.39. The summed E-state index contributed by atoms with van der Waals surface area (Å²) in [5, 5.41) is 14.4. The van der Waals surface area contributed by atoms with E-state index in [4.69, 9.17) is 15.2 Å². The molecular formula is C45H43FN2O4. The van der Waals surface area contributed by atoms with Gasteiger partial charge in [0.2, 0.25) is 0 Å². The van der Waals surface area contributed by atoms with Crippen LogP contribution in [0.3, 0.4) is 0 Å². The monoisotopic (exact) mass is 694 g/mol. The van der Waals surface area contributed by atoms with Crippen LogP contribution in [0.15, 0.2) is 164 Å². The molecule has 0 amide bonds. The fourth-order valence-corrected chi connectivity index (χ4v) is 6.81. The maximum atomic E-state index is 14.4. The third-order valence-corrected chi connectivity index (χ3v) is 9.55. The van der Waals surface area contributed by atoms with Crippen LogP contribution in [-0.2, 0) is 21.7 Å². The number of halogens is 1. The molecular weight excluding hydrogens is 652 g/mol. The van der Waals surface area contributed by atoms with E-state index in [1.807, 2.05) is 140 Å². The zero-order valence-electron chi connectivity index (χ0n) is 29.1. The molecule has 0 bridgehead atoms. The van der Waals surface area contributed by atoms with Crippen LogP contribution in [0.2, 0.25) is 0 Å². The van der Waals surface area contributed by atoms with Crippen molar-refractivity contribution in [3.63, 3.8) is 0 Å². The first kappa shape index (κ1) is 36.0. The smallest absolute Gasteiger partial charge is 0.308 e. The Balaban J connectivity index is 1.43. The van der Waals surface area contributed by atoms with Gasteiger partial charge in [-0.3, -0.25) is 4.79 Å². The fraction of sp³-hybridized carbons (Fsp3) is 0.178. The number of aliphatic carboxylic acids is 1. The van der Waals surface area contributed by atoms with Crippen molar-refractivity contribution in [3.8, 4) is 5.75 Å². The maximum Gasteiger partial charge on any atom is 0.308 e. The second-order valence-electron chi connectivity index (χ2n) is 12.8. The highest BCUT2D eigenvalue weighted by atomic mass is 19.1. The summed E-state index contributed by atoms with van der Waals surface area (Å²) in [5.74, 6) is -1.53. The van der Waals surface area contributed by atoms with Crippen molar-refractivity contribution >= 4 is 11.7 Å². The Labute approximate surface area is 304 Å². The summed E-state index contributed by atoms with van der Waals surface area (Å²) >= 11 is 0. The number of methoxy groups -OCH3 is 1. The Morgan fingerprint density at radius 1 is 0.692 bits per heavy atom. The Hall–Kier alpha value is -5.76. The molecule has 6 aromatic rings. The zero-order valence-corrected chi connectivity index (χ0v) is 29.1. The molecule has 6 rings (SSSR count). The lowest BCUT2D eigenvalue weighted by Crippen LogP contribution is -2.35. The Morgan fingerprint density at radius 3 is 1.65 bits per heavy atom. The van der Waals surface area contributed by atoms with Crippen molar-refractivity contribution in [3.05, 3.63) is 203 Å². The molecule has 0 fully saturated rings. The van der Waals surface area contributed by atoms with E-state index in [1.54, 1.807) is 19.2 Å². The fourth-order valence-electron chi connectivity index (χ4n) is 6.81. The van der Waals surface area contributed by atoms with E-state index in [0.29, 0.717) is 18.7 Å². The van der Waals surface area contributed by atoms with Crippen LogP contribution < -0.4 is 15.8 Å². The van der Waals surface area contributed by atoms with Gasteiger partial charge in [-0.15, -0.1) is 0 Å². The first-order chi connectivity index (χ1) is 25.4. The summed E-state index contributed by atoms with van der Waals surface area (Å²) in [6.45, 7) is 0.404. The minimum atomic E-state index is -1.08. The predicted octanol–water partition coefficient (Wildman–Crippen LogP) is 9.68. The topological polar surface area (TPSA) is 93.8 Å². The van der Waals surface area contributed by atoms with Crippen molar-refractivity contribution in [1.29, 1.82) is 0 Å². The molecule has 4 N–H and O–H groups in total. The van der Waals surface area contributed by atoms with Gasteiger partial charge in [0.25, 0.3) is 0 Å². The molecule has 0 spiro atoms. The average molecular weight is 695 g/mol. The van der Waals surface area contributed by atoms with Gasteiger partial charge < -0.3 is 25.6 Å². The number of carboxylic acids is 1. The van der Waals surface area contributed by atoms with Gasteiger partial charge >= 0.3 is 5.97 Å². The quantitative estimate of drug-likeness (QED) is 0.0874. The zero-order chi connectivity index (χ0) is 36.3. The summed E-state index contributed by atoms with van der Waals surface area (Å²) in [6.07, 6.45) is -0.0864. The van der Waals surface area contributed by atoms with Crippen LogP contribution in [0.25, 0.3) is 0 Å². The van der Waals surface area contributed by atoms with Crippen molar-refractivity contribution in [2.75, 3.05) is 12.4 Å². The lowest BCUT2D eigenvalue weighted by atomic mass is 9.79. The Kier molecular flexibility index (Phi) is 11.8. The van der Waals surface area contributed by atoms with Crippen LogP contribution in [0.4, 0.5) is 10.1 Å². The van der Waals surface area contributed by atoms with Crippen LogP contribution in [0.5, 0.6) is 5.75 Å². The summed E-state index contributed by atoms with van der Waals surface area (Å²) in [7, 11) is 1.60. The molecule has 0 aliphatic carbocycles. The van der Waals surface area contributed by atoms with Gasteiger partial charge in [-0.05, 0) is 82.6 Å². The highest BCUT2D eigenvalue weighted by Gasteiger charge is 2.41. The molecule has 0 aromatic heterocycles. The van der Waals surface area contributed by atoms with Crippen molar-refractivity contribution in [2.24, 2.45) is 11.7 Å². The number of carbonyl (C=O) groups is 1. The number of ether oxygens (including phenoxy) is 2. The van der Waals surface area contributed by atoms with Gasteiger partial charge in [0.05, 0.1) is 25.2 Å². The Morgan fingerprint density at radius 2 is 1.19 bits per heavy atom. The molecule has 6 aromatic carbocycles. The van der Waals surface area contributed by atoms with E-state index in [2.05, 4.69) is 5.32 Å². The molecule has 0 heterocycles. The summed E-state index contributed by atoms with van der Waals surface area (Å²) in [6, 6.07) is 50.9. The molecule has 3 atom stereocenters. The van der Waals surface area contributed by atoms with Gasteiger partial charge in [0.1, 0.15) is 17.2 Å². The van der Waals surface area contributed by atoms with Crippen LogP contribution >= 0.6 is 0 Å². The number of hydrogen-bond donors (Lipinski definition) is 3. The number of nitrogens with one attached hydrogen (secondary N) is 1. The second-order valence-corrected chi connectivity index (χ2v) is 12.8. The van der Waals surface area contributed by atoms with Crippen LogP contribution in [0.1, 0.15) is 58.4 Å². The Bertz CT molecular complexity index is 1890. The standard InChI is InChI=1S/C45H43FN2O4/c1-51-40-27-21-34(22-28-40)43(48-39-25-17-32(31-47)18-26-39)41(44(49)50)29-30-42(33-19-23-38(46)24-20-33)52-45(35-11-5-2-6-12-35,36-13-7-3-8-14-36)37-15-9-4-10-16-37/h2-28,41-43,48H,29-31,47H2,1H3,(H,49,50)/t41-,42+,43?/m1/s1. The molecule has 0 aliphatic rings. The largest absolute Gasteiger partial charge is 0.497 e. The molecule has 0 aliphatic heterocycles. The number of carboxylic acid groups (broad SMARTS) is 1. The van der Waals surface area contributed by atoms with Crippen molar-refractivity contribution < 1.29 is 23.8 Å². The van der Waals surface area contributed by atoms with Gasteiger partial charge in [-0.25, -0.2) is 4.39 Å². The summed E-state index contributed by atoms with van der Waals surface area (Å²) in [5.41, 5.74) is 10.8. The molecule has 7 heteroatoms. The molecule has 264 valence electrons. The SMILES string of the molecule is COc1ccc(C(Nc2ccc(CN)cc2)[C@@H](CC[C@H](OC(c2ccccc2)(c2ccccc2)c2ccccc2)c2ccc(F)cc2)C(=O)O)cc1. The molecule has 0 radical (unpaired) electrons. The van der Waals surface area contributed by atoms with Crippen LogP contribution in [0, 0.1) is 11.7 Å². The third-order valence-electron chi connectivity index (χ3n) is 9.55. The van der Waals surface area contributed by atoms with E-state index in [-0.39, 0.29) is 12.2 Å². The highest BCUT2D eigenvalue weighted by Crippen LogP contribution is 2.46. The van der Waals surface area contributed by atoms with E-state index in [0.717, 1.165) is 39.1 Å². The molecule has 6 nitrogen and oxygen atoms in total. The van der Waals surface area contributed by atoms with Gasteiger partial charge in [-0.1, -0.05) is 127 Å². The summed E-state index contributed by atoms with van der Waals surface area (Å²) < 4.78 is 27.2. The van der Waals surface area contributed by atoms with Crippen molar-refractivity contribution in [1.82, 2.24) is 0 Å². The van der Waals surface area contributed by atoms with E-state index >= 15 is 0 Å². The van der Waals surface area contributed by atoms with Gasteiger partial charge in [0, 0.05) is 12.2 Å². The van der Waals surface area contributed by atoms with Crippen LogP contribution in [-0.4, -0.2) is 18.2 Å². The lowest BCUT2D eigenvalue weighted by molar-refractivity contribution is -0.143. The molecule has 0 saturated heterocycles. The number of benzene rings is 6. The number of nitrogens with two attached hydrogens (primary N) is 1. The predicted molar refractivity (Wildman–Crippen MR) is 203 cm³/mol. The summed E-state index contributed by atoms with van der Waals surface area (Å²) in [4.78, 5) is 13.3. The number of anilines is 1. The molecule has 1 unspecified atom stereocenters. The van der Waals surface area contributed by atoms with E-state index in [1.165, 1.54) is 12.1 Å². The van der Waals surface area contributed by atoms with E-state index in [9.17, 15) is 14.3 Å². The number of hydrogen-bond acceptors (Lipinski definition) is 5. The molecule has 0 saturated carbocycles. The van der Waals surface area contributed by atoms with Gasteiger partial charge in [0.15, 0.2) is 0 Å². The van der Waals surface area contributed by atoms with Crippen molar-refractivity contribution in [2.45, 2.75) is 37.1 Å². The average Bonchev–Trinajstić information content (AvgIpc) is 3.20. The minimum Gasteiger partial charge on any atom is -0.497 e.